The summed E-state index contributed by atoms with van der Waals surface area (Å²) in [4.78, 5) is 18.2. The number of hydrogen-bond donors (Lipinski definition) is 2. The molecule has 0 unspecified atom stereocenters. The molecule has 4 rings (SSSR count). The van der Waals surface area contributed by atoms with Crippen molar-refractivity contribution in [2.24, 2.45) is 0 Å². The van der Waals surface area contributed by atoms with Crippen molar-refractivity contribution in [3.63, 3.8) is 0 Å². The largest absolute Gasteiger partial charge is 0.361 e. The third-order valence-corrected chi connectivity index (χ3v) is 6.09. The van der Waals surface area contributed by atoms with Crippen molar-refractivity contribution in [2.45, 2.75) is 24.6 Å². The zero-order valence-electron chi connectivity index (χ0n) is 15.2. The Hall–Kier alpha value is -2.91. The first-order valence-corrected chi connectivity index (χ1v) is 10.4. The van der Waals surface area contributed by atoms with Crippen molar-refractivity contribution in [3.05, 3.63) is 64.5 Å². The Kier molecular flexibility index (Phi) is 5.27. The lowest BCUT2D eigenvalue weighted by Gasteiger charge is -2.07. The van der Waals surface area contributed by atoms with E-state index >= 15 is 0 Å². The molecule has 28 heavy (non-hydrogen) atoms. The van der Waals surface area contributed by atoms with Gasteiger partial charge < -0.3 is 9.84 Å². The monoisotopic (exact) mass is 411 g/mol. The first-order valence-electron chi connectivity index (χ1n) is 8.52. The van der Waals surface area contributed by atoms with Crippen LogP contribution in [0.5, 0.6) is 0 Å². The second kappa shape index (κ2) is 7.99. The van der Waals surface area contributed by atoms with Crippen LogP contribution in [0.1, 0.15) is 27.4 Å². The fraction of sp³-hybridized carbons (Fsp3) is 0.158. The predicted molar refractivity (Wildman–Crippen MR) is 110 cm³/mol. The van der Waals surface area contributed by atoms with E-state index < -0.39 is 0 Å². The van der Waals surface area contributed by atoms with Gasteiger partial charge in [0.2, 0.25) is 0 Å². The maximum absolute atomic E-state index is 12.8. The number of nitrogens with one attached hydrogen (secondary N) is 2. The molecule has 0 aliphatic heterocycles. The van der Waals surface area contributed by atoms with Crippen LogP contribution in [0.3, 0.4) is 0 Å². The van der Waals surface area contributed by atoms with Crippen LogP contribution in [0.25, 0.3) is 10.6 Å². The van der Waals surface area contributed by atoms with Crippen LogP contribution in [-0.2, 0) is 5.75 Å². The number of thiophene rings is 1. The Bertz CT molecular complexity index is 1080. The molecule has 0 saturated carbocycles. The summed E-state index contributed by atoms with van der Waals surface area (Å²) < 4.78 is 5.20. The number of aromatic amines is 1. The number of hydrogen-bond acceptors (Lipinski definition) is 7. The third kappa shape index (κ3) is 3.85. The summed E-state index contributed by atoms with van der Waals surface area (Å²) in [6.45, 7) is 3.78. The summed E-state index contributed by atoms with van der Waals surface area (Å²) in [7, 11) is 0. The van der Waals surface area contributed by atoms with Gasteiger partial charge in [-0.15, -0.1) is 23.1 Å². The Morgan fingerprint density at radius 3 is 2.96 bits per heavy atom. The average molecular weight is 412 g/mol. The number of H-pyrrole nitrogens is 1. The van der Waals surface area contributed by atoms with Crippen LogP contribution in [0.2, 0.25) is 0 Å². The topological polar surface area (TPSA) is 96.7 Å². The van der Waals surface area contributed by atoms with Gasteiger partial charge in [-0.05, 0) is 37.4 Å². The van der Waals surface area contributed by atoms with Crippen molar-refractivity contribution >= 4 is 34.8 Å². The first-order chi connectivity index (χ1) is 13.6. The maximum atomic E-state index is 12.8. The van der Waals surface area contributed by atoms with Crippen molar-refractivity contribution in [3.8, 4) is 10.6 Å². The van der Waals surface area contributed by atoms with Crippen LogP contribution < -0.4 is 5.32 Å². The number of pyridine rings is 1. The summed E-state index contributed by atoms with van der Waals surface area (Å²) in [5.41, 5.74) is 3.24. The van der Waals surface area contributed by atoms with E-state index in [2.05, 4.69) is 25.7 Å². The molecule has 4 aromatic rings. The lowest BCUT2D eigenvalue weighted by Crippen LogP contribution is -2.14. The molecule has 0 atom stereocenters. The molecule has 0 saturated heterocycles. The minimum atomic E-state index is -0.251. The van der Waals surface area contributed by atoms with Crippen LogP contribution in [-0.4, -0.2) is 26.2 Å². The molecule has 4 aromatic heterocycles. The number of amides is 1. The molecule has 0 fully saturated rings. The summed E-state index contributed by atoms with van der Waals surface area (Å²) in [6, 6.07) is 9.28. The van der Waals surface area contributed by atoms with Gasteiger partial charge in [-0.1, -0.05) is 11.2 Å². The molecular formula is C19H17N5O2S2. The van der Waals surface area contributed by atoms with E-state index in [9.17, 15) is 4.79 Å². The quantitative estimate of drug-likeness (QED) is 0.447. The highest BCUT2D eigenvalue weighted by Gasteiger charge is 2.17. The van der Waals surface area contributed by atoms with E-state index in [0.29, 0.717) is 22.2 Å². The highest BCUT2D eigenvalue weighted by Crippen LogP contribution is 2.28. The summed E-state index contributed by atoms with van der Waals surface area (Å²) in [5.74, 6) is 1.63. The van der Waals surface area contributed by atoms with Crippen molar-refractivity contribution in [1.82, 2.24) is 20.3 Å². The zero-order valence-corrected chi connectivity index (χ0v) is 16.9. The van der Waals surface area contributed by atoms with Gasteiger partial charge in [0.25, 0.3) is 5.91 Å². The van der Waals surface area contributed by atoms with Gasteiger partial charge in [0, 0.05) is 23.6 Å². The Morgan fingerprint density at radius 2 is 2.21 bits per heavy atom. The van der Waals surface area contributed by atoms with Crippen LogP contribution in [0, 0.1) is 13.8 Å². The number of nitrogens with zero attached hydrogens (tertiary/aromatic N) is 3. The average Bonchev–Trinajstić information content (AvgIpc) is 3.43. The molecule has 2 N–H and O–H groups in total. The normalized spacial score (nSPS) is 10.9. The number of carbonyl (C=O) groups excluding carboxylic acids is 1. The maximum Gasteiger partial charge on any atom is 0.259 e. The van der Waals surface area contributed by atoms with Crippen LogP contribution in [0.15, 0.2) is 51.5 Å². The Morgan fingerprint density at radius 1 is 1.32 bits per heavy atom. The highest BCUT2D eigenvalue weighted by atomic mass is 32.2. The second-order valence-electron chi connectivity index (χ2n) is 6.05. The van der Waals surface area contributed by atoms with Gasteiger partial charge in [0.1, 0.15) is 10.8 Å². The van der Waals surface area contributed by atoms with Gasteiger partial charge in [0.15, 0.2) is 5.82 Å². The number of thioether (sulfide) groups is 1. The SMILES string of the molecule is Cc1noc(C)c1CSc1ncccc1C(=O)Nc1cc(-c2cccs2)[nH]n1. The smallest absolute Gasteiger partial charge is 0.259 e. The van der Waals surface area contributed by atoms with E-state index in [0.717, 1.165) is 27.6 Å². The Balaban J connectivity index is 1.49. The zero-order chi connectivity index (χ0) is 19.5. The van der Waals surface area contributed by atoms with Gasteiger partial charge in [-0.2, -0.15) is 5.10 Å². The lowest BCUT2D eigenvalue weighted by atomic mass is 10.2. The van der Waals surface area contributed by atoms with E-state index in [1.54, 1.807) is 29.7 Å². The summed E-state index contributed by atoms with van der Waals surface area (Å²) in [5, 5.41) is 16.6. The predicted octanol–water partition coefficient (Wildman–Crippen LogP) is 4.68. The second-order valence-corrected chi connectivity index (χ2v) is 7.96. The third-order valence-electron chi connectivity index (χ3n) is 4.16. The molecule has 0 radical (unpaired) electrons. The van der Waals surface area contributed by atoms with Gasteiger partial charge in [-0.25, -0.2) is 4.98 Å². The Labute approximate surface area is 169 Å². The molecule has 0 bridgehead atoms. The van der Waals surface area contributed by atoms with E-state index in [4.69, 9.17) is 4.52 Å². The standard InChI is InChI=1S/C19H17N5O2S2/c1-11-14(12(2)26-24-11)10-28-19-13(5-3-7-20-19)18(25)21-17-9-15(22-23-17)16-6-4-8-27-16/h3-9H,10H2,1-2H3,(H2,21,22,23,25). The fourth-order valence-electron chi connectivity index (χ4n) is 2.65. The first kappa shape index (κ1) is 18.5. The molecule has 4 heterocycles. The van der Waals surface area contributed by atoms with Crippen molar-refractivity contribution in [1.29, 1.82) is 0 Å². The fourth-order valence-corrected chi connectivity index (χ4v) is 4.49. The van der Waals surface area contributed by atoms with E-state index in [-0.39, 0.29) is 5.91 Å². The minimum Gasteiger partial charge on any atom is -0.361 e. The summed E-state index contributed by atoms with van der Waals surface area (Å²) in [6.07, 6.45) is 1.68. The number of carbonyl (C=O) groups is 1. The van der Waals surface area contributed by atoms with Crippen molar-refractivity contribution < 1.29 is 9.32 Å². The molecular weight excluding hydrogens is 394 g/mol. The van der Waals surface area contributed by atoms with Gasteiger partial charge in [0.05, 0.1) is 21.8 Å². The number of rotatable bonds is 6. The van der Waals surface area contributed by atoms with Gasteiger partial charge >= 0.3 is 0 Å². The summed E-state index contributed by atoms with van der Waals surface area (Å²) >= 11 is 3.08. The minimum absolute atomic E-state index is 0.251. The van der Waals surface area contributed by atoms with Gasteiger partial charge in [-0.3, -0.25) is 9.89 Å². The highest BCUT2D eigenvalue weighted by molar-refractivity contribution is 7.98. The molecule has 0 spiro atoms. The lowest BCUT2D eigenvalue weighted by molar-refractivity contribution is 0.102. The number of anilines is 1. The molecule has 9 heteroatoms. The molecule has 1 amide bonds. The van der Waals surface area contributed by atoms with Crippen LogP contribution in [0.4, 0.5) is 5.82 Å². The number of aryl methyl sites for hydroxylation is 2. The molecule has 142 valence electrons. The number of aromatic nitrogens is 4. The van der Waals surface area contributed by atoms with Crippen molar-refractivity contribution in [2.75, 3.05) is 5.32 Å². The molecule has 0 aliphatic carbocycles. The van der Waals surface area contributed by atoms with E-state index in [1.807, 2.05) is 37.4 Å². The molecule has 7 nitrogen and oxygen atoms in total. The van der Waals surface area contributed by atoms with Crippen LogP contribution >= 0.6 is 23.1 Å². The molecule has 0 aliphatic rings. The molecule has 0 aromatic carbocycles. The van der Waals surface area contributed by atoms with E-state index in [1.165, 1.54) is 11.8 Å².